The number of ether oxygens (including phenoxy) is 2. The lowest BCUT2D eigenvalue weighted by Crippen LogP contribution is -2.30. The Morgan fingerprint density at radius 3 is 2.50 bits per heavy atom. The molecule has 0 radical (unpaired) electrons. The van der Waals surface area contributed by atoms with Crippen LogP contribution in [0, 0.1) is 0 Å². The standard InChI is InChI=1S/C16H21NO6S/c1-2-22-15(20)6-3-9-17-14(19)11-23-16(21)8-7-12(18)13-5-4-10-24-13/h4-5,10H,2-3,6-9,11H2,1H3,(H,17,19). The van der Waals surface area contributed by atoms with Crippen molar-refractivity contribution >= 4 is 35.0 Å². The number of carbonyl (C=O) groups is 4. The topological polar surface area (TPSA) is 98.8 Å². The highest BCUT2D eigenvalue weighted by Crippen LogP contribution is 2.12. The Hall–Kier alpha value is -2.22. The zero-order valence-electron chi connectivity index (χ0n) is 13.5. The van der Waals surface area contributed by atoms with Crippen molar-refractivity contribution in [1.29, 1.82) is 0 Å². The molecule has 1 amide bonds. The average molecular weight is 355 g/mol. The summed E-state index contributed by atoms with van der Waals surface area (Å²) in [6.07, 6.45) is 0.667. The minimum atomic E-state index is -0.596. The van der Waals surface area contributed by atoms with Gasteiger partial charge in [-0.05, 0) is 24.8 Å². The van der Waals surface area contributed by atoms with Crippen LogP contribution in [0.3, 0.4) is 0 Å². The quantitative estimate of drug-likeness (QED) is 0.369. The molecule has 0 fully saturated rings. The zero-order valence-corrected chi connectivity index (χ0v) is 14.4. The normalized spacial score (nSPS) is 10.0. The van der Waals surface area contributed by atoms with Crippen molar-refractivity contribution < 1.29 is 28.7 Å². The number of carbonyl (C=O) groups excluding carboxylic acids is 4. The fraction of sp³-hybridized carbons (Fsp3) is 0.500. The first-order valence-electron chi connectivity index (χ1n) is 7.67. The lowest BCUT2D eigenvalue weighted by molar-refractivity contribution is -0.148. The summed E-state index contributed by atoms with van der Waals surface area (Å²) >= 11 is 1.32. The Labute approximate surface area is 144 Å². The van der Waals surface area contributed by atoms with Gasteiger partial charge in [0.25, 0.3) is 5.91 Å². The number of thiophene rings is 1. The molecule has 8 heteroatoms. The Bertz CT molecular complexity index is 555. The van der Waals surface area contributed by atoms with E-state index in [2.05, 4.69) is 5.32 Å². The van der Waals surface area contributed by atoms with E-state index in [0.29, 0.717) is 24.4 Å². The van der Waals surface area contributed by atoms with E-state index in [1.54, 1.807) is 24.4 Å². The van der Waals surface area contributed by atoms with E-state index in [-0.39, 0.29) is 31.0 Å². The van der Waals surface area contributed by atoms with E-state index in [1.165, 1.54) is 11.3 Å². The molecule has 0 aliphatic rings. The van der Waals surface area contributed by atoms with Crippen molar-refractivity contribution in [3.05, 3.63) is 22.4 Å². The fourth-order valence-corrected chi connectivity index (χ4v) is 2.43. The van der Waals surface area contributed by atoms with Gasteiger partial charge < -0.3 is 14.8 Å². The van der Waals surface area contributed by atoms with Gasteiger partial charge in [0, 0.05) is 19.4 Å². The highest BCUT2D eigenvalue weighted by molar-refractivity contribution is 7.12. The molecule has 0 saturated carbocycles. The highest BCUT2D eigenvalue weighted by atomic mass is 32.1. The van der Waals surface area contributed by atoms with Gasteiger partial charge in [-0.2, -0.15) is 0 Å². The van der Waals surface area contributed by atoms with E-state index < -0.39 is 18.5 Å². The molecule has 1 aromatic heterocycles. The van der Waals surface area contributed by atoms with E-state index in [9.17, 15) is 19.2 Å². The molecule has 1 N–H and O–H groups in total. The lowest BCUT2D eigenvalue weighted by Gasteiger charge is -2.06. The number of rotatable bonds is 11. The molecule has 132 valence electrons. The molecule has 0 saturated heterocycles. The summed E-state index contributed by atoms with van der Waals surface area (Å²) < 4.78 is 9.55. The summed E-state index contributed by atoms with van der Waals surface area (Å²) in [5, 5.41) is 4.32. The van der Waals surface area contributed by atoms with Crippen LogP contribution >= 0.6 is 11.3 Å². The highest BCUT2D eigenvalue weighted by Gasteiger charge is 2.12. The van der Waals surface area contributed by atoms with Gasteiger partial charge in [0.05, 0.1) is 17.9 Å². The van der Waals surface area contributed by atoms with Crippen LogP contribution in [0.15, 0.2) is 17.5 Å². The largest absolute Gasteiger partial charge is 0.466 e. The minimum absolute atomic E-state index is 0.0561. The molecule has 0 aromatic carbocycles. The van der Waals surface area contributed by atoms with Gasteiger partial charge in [0.2, 0.25) is 0 Å². The van der Waals surface area contributed by atoms with E-state index in [0.717, 1.165) is 0 Å². The summed E-state index contributed by atoms with van der Waals surface area (Å²) in [7, 11) is 0. The van der Waals surface area contributed by atoms with Gasteiger partial charge in [-0.3, -0.25) is 19.2 Å². The van der Waals surface area contributed by atoms with Crippen molar-refractivity contribution in [3.8, 4) is 0 Å². The van der Waals surface area contributed by atoms with Crippen molar-refractivity contribution in [1.82, 2.24) is 5.32 Å². The third kappa shape index (κ3) is 8.42. The molecular weight excluding hydrogens is 334 g/mol. The molecule has 1 rings (SSSR count). The fourth-order valence-electron chi connectivity index (χ4n) is 1.74. The maximum absolute atomic E-state index is 11.7. The number of ketones is 1. The summed E-state index contributed by atoms with van der Waals surface area (Å²) in [6.45, 7) is 1.95. The van der Waals surface area contributed by atoms with Crippen molar-refractivity contribution in [3.63, 3.8) is 0 Å². The first-order valence-corrected chi connectivity index (χ1v) is 8.55. The summed E-state index contributed by atoms with van der Waals surface area (Å²) in [5.74, 6) is -1.47. The van der Waals surface area contributed by atoms with Crippen LogP contribution in [0.5, 0.6) is 0 Å². The van der Waals surface area contributed by atoms with Crippen LogP contribution in [0.2, 0.25) is 0 Å². The predicted molar refractivity (Wildman–Crippen MR) is 87.7 cm³/mol. The van der Waals surface area contributed by atoms with Crippen LogP contribution < -0.4 is 5.32 Å². The summed E-state index contributed by atoms with van der Waals surface area (Å²) in [5.41, 5.74) is 0. The summed E-state index contributed by atoms with van der Waals surface area (Å²) in [4.78, 5) is 46.4. The molecule has 24 heavy (non-hydrogen) atoms. The number of hydrogen-bond donors (Lipinski definition) is 1. The maximum Gasteiger partial charge on any atom is 0.306 e. The first-order chi connectivity index (χ1) is 11.5. The van der Waals surface area contributed by atoms with Gasteiger partial charge in [-0.15, -0.1) is 11.3 Å². The number of amides is 1. The minimum Gasteiger partial charge on any atom is -0.466 e. The second-order valence-electron chi connectivity index (χ2n) is 4.82. The number of esters is 2. The molecule has 0 aliphatic heterocycles. The smallest absolute Gasteiger partial charge is 0.306 e. The van der Waals surface area contributed by atoms with Crippen molar-refractivity contribution in [2.75, 3.05) is 19.8 Å². The SMILES string of the molecule is CCOC(=O)CCCNC(=O)COC(=O)CCC(=O)c1cccs1. The Morgan fingerprint density at radius 2 is 1.83 bits per heavy atom. The van der Waals surface area contributed by atoms with Crippen LogP contribution in [0.1, 0.15) is 42.3 Å². The second kappa shape index (κ2) is 11.3. The number of Topliss-reactive ketones (excluding diaryl/α,β-unsaturated/α-hetero) is 1. The molecule has 0 aliphatic carbocycles. The molecule has 1 heterocycles. The van der Waals surface area contributed by atoms with Gasteiger partial charge in [0.1, 0.15) is 0 Å². The molecule has 0 spiro atoms. The monoisotopic (exact) mass is 355 g/mol. The third-order valence-corrected chi connectivity index (χ3v) is 3.81. The molecule has 7 nitrogen and oxygen atoms in total. The lowest BCUT2D eigenvalue weighted by atomic mass is 10.2. The van der Waals surface area contributed by atoms with Gasteiger partial charge in [0.15, 0.2) is 12.4 Å². The van der Waals surface area contributed by atoms with Gasteiger partial charge >= 0.3 is 11.9 Å². The molecule has 0 unspecified atom stereocenters. The van der Waals surface area contributed by atoms with Crippen LogP contribution in [0.25, 0.3) is 0 Å². The van der Waals surface area contributed by atoms with Crippen molar-refractivity contribution in [2.45, 2.75) is 32.6 Å². The first kappa shape index (κ1) is 19.8. The molecule has 0 bridgehead atoms. The van der Waals surface area contributed by atoms with Gasteiger partial charge in [-0.1, -0.05) is 6.07 Å². The van der Waals surface area contributed by atoms with E-state index >= 15 is 0 Å². The zero-order chi connectivity index (χ0) is 17.8. The molecule has 1 aromatic rings. The number of nitrogens with one attached hydrogen (secondary N) is 1. The number of hydrogen-bond acceptors (Lipinski definition) is 7. The average Bonchev–Trinajstić information content (AvgIpc) is 3.09. The van der Waals surface area contributed by atoms with Crippen molar-refractivity contribution in [2.24, 2.45) is 0 Å². The molecule has 0 atom stereocenters. The summed E-state index contributed by atoms with van der Waals surface area (Å²) in [6, 6.07) is 3.46. The van der Waals surface area contributed by atoms with Crippen LogP contribution in [-0.4, -0.2) is 43.4 Å². The van der Waals surface area contributed by atoms with E-state index in [1.807, 2.05) is 0 Å². The third-order valence-electron chi connectivity index (χ3n) is 2.90. The van der Waals surface area contributed by atoms with Crippen LogP contribution in [-0.2, 0) is 23.9 Å². The molecular formula is C16H21NO6S. The second-order valence-corrected chi connectivity index (χ2v) is 5.77. The Kier molecular flexibility index (Phi) is 9.36. The Balaban J connectivity index is 2.08. The predicted octanol–water partition coefficient (Wildman–Crippen LogP) is 1.71. The van der Waals surface area contributed by atoms with E-state index in [4.69, 9.17) is 9.47 Å². The van der Waals surface area contributed by atoms with Gasteiger partial charge in [-0.25, -0.2) is 0 Å². The van der Waals surface area contributed by atoms with Crippen LogP contribution in [0.4, 0.5) is 0 Å². The Morgan fingerprint density at radius 1 is 1.08 bits per heavy atom. The maximum atomic E-state index is 11.7.